The van der Waals surface area contributed by atoms with Crippen LogP contribution in [0.4, 0.5) is 0 Å². The Kier molecular flexibility index (Phi) is 6.65. The Morgan fingerprint density at radius 1 is 0.864 bits per heavy atom. The van der Waals surface area contributed by atoms with Crippen LogP contribution in [0.1, 0.15) is 26.2 Å². The molecule has 2 rings (SSSR count). The summed E-state index contributed by atoms with van der Waals surface area (Å²) in [5.74, 6) is 0.299. The lowest BCUT2D eigenvalue weighted by molar-refractivity contribution is -0.134. The van der Waals surface area contributed by atoms with Gasteiger partial charge in [0.2, 0.25) is 11.8 Å². The van der Waals surface area contributed by atoms with Crippen molar-refractivity contribution in [3.63, 3.8) is 0 Å². The summed E-state index contributed by atoms with van der Waals surface area (Å²) in [5, 5.41) is 0. The van der Waals surface area contributed by atoms with Crippen molar-refractivity contribution < 1.29 is 9.59 Å². The molecule has 0 aromatic heterocycles. The van der Waals surface area contributed by atoms with Gasteiger partial charge in [-0.2, -0.15) is 0 Å². The van der Waals surface area contributed by atoms with Gasteiger partial charge in [0, 0.05) is 45.3 Å². The molecule has 2 aliphatic heterocycles. The summed E-state index contributed by atoms with van der Waals surface area (Å²) in [6, 6.07) is 0. The number of piperidine rings is 1. The second-order valence-corrected chi connectivity index (χ2v) is 5.93. The zero-order valence-corrected chi connectivity index (χ0v) is 13.5. The molecule has 0 saturated carbocycles. The summed E-state index contributed by atoms with van der Waals surface area (Å²) in [6.45, 7) is 7.20. The van der Waals surface area contributed by atoms with E-state index in [1.807, 2.05) is 28.9 Å². The molecule has 0 aromatic carbocycles. The van der Waals surface area contributed by atoms with Gasteiger partial charge in [0.05, 0.1) is 6.54 Å². The summed E-state index contributed by atoms with van der Waals surface area (Å²) < 4.78 is 0. The predicted octanol–water partition coefficient (Wildman–Crippen LogP) is 1.28. The van der Waals surface area contributed by atoms with Gasteiger partial charge in [-0.1, -0.05) is 18.2 Å². The van der Waals surface area contributed by atoms with Crippen molar-refractivity contribution in [2.75, 3.05) is 45.8 Å². The van der Waals surface area contributed by atoms with Crippen molar-refractivity contribution in [2.45, 2.75) is 26.2 Å². The first-order valence-corrected chi connectivity index (χ1v) is 8.29. The van der Waals surface area contributed by atoms with E-state index in [0.717, 1.165) is 39.0 Å². The minimum atomic E-state index is 0.0557. The van der Waals surface area contributed by atoms with Gasteiger partial charge in [-0.25, -0.2) is 0 Å². The molecule has 0 N–H and O–H groups in total. The predicted molar refractivity (Wildman–Crippen MR) is 87.4 cm³/mol. The lowest BCUT2D eigenvalue weighted by atomic mass is 10.1. The number of carbonyl (C=O) groups is 2. The maximum atomic E-state index is 12.2. The van der Waals surface area contributed by atoms with Crippen molar-refractivity contribution in [1.82, 2.24) is 14.7 Å². The van der Waals surface area contributed by atoms with Gasteiger partial charge >= 0.3 is 0 Å². The van der Waals surface area contributed by atoms with E-state index in [1.54, 1.807) is 12.2 Å². The molecule has 2 saturated heterocycles. The normalized spacial score (nSPS) is 21.0. The van der Waals surface area contributed by atoms with Crippen molar-refractivity contribution in [3.8, 4) is 0 Å². The molecular weight excluding hydrogens is 278 g/mol. The van der Waals surface area contributed by atoms with Crippen molar-refractivity contribution in [2.24, 2.45) is 0 Å². The van der Waals surface area contributed by atoms with Crippen LogP contribution in [0, 0.1) is 0 Å². The van der Waals surface area contributed by atoms with Gasteiger partial charge in [-0.3, -0.25) is 14.5 Å². The van der Waals surface area contributed by atoms with Gasteiger partial charge in [-0.15, -0.1) is 0 Å². The van der Waals surface area contributed by atoms with Gasteiger partial charge in [0.25, 0.3) is 0 Å². The molecule has 0 atom stereocenters. The fraction of sp³-hybridized carbons (Fsp3) is 0.647. The van der Waals surface area contributed by atoms with Gasteiger partial charge in [0.1, 0.15) is 0 Å². The average molecular weight is 305 g/mol. The Balaban J connectivity index is 1.72. The average Bonchev–Trinajstić information content (AvgIpc) is 2.56. The van der Waals surface area contributed by atoms with E-state index in [9.17, 15) is 9.59 Å². The minimum absolute atomic E-state index is 0.0557. The van der Waals surface area contributed by atoms with Crippen LogP contribution in [0.5, 0.6) is 0 Å². The highest BCUT2D eigenvalue weighted by Crippen LogP contribution is 2.10. The fourth-order valence-corrected chi connectivity index (χ4v) is 2.92. The van der Waals surface area contributed by atoms with Crippen LogP contribution in [0.25, 0.3) is 0 Å². The third-order valence-corrected chi connectivity index (χ3v) is 4.29. The van der Waals surface area contributed by atoms with Crippen LogP contribution < -0.4 is 0 Å². The summed E-state index contributed by atoms with van der Waals surface area (Å²) in [7, 11) is 0. The summed E-state index contributed by atoms with van der Waals surface area (Å²) >= 11 is 0. The van der Waals surface area contributed by atoms with Crippen molar-refractivity contribution in [1.29, 1.82) is 0 Å². The van der Waals surface area contributed by atoms with E-state index >= 15 is 0 Å². The number of amides is 2. The number of likely N-dealkylation sites (tertiary alicyclic amines) is 1. The zero-order valence-electron chi connectivity index (χ0n) is 13.5. The molecule has 2 amide bonds. The standard InChI is InChI=1S/C17H27N3O2/c1-2-3-5-8-16(21)20-13-11-18(12-14-20)15-17(22)19-9-6-4-7-10-19/h2-3,5,8H,4,6-7,9-15H2,1H3/b3-2+,8-5+. The van der Waals surface area contributed by atoms with E-state index in [0.29, 0.717) is 19.6 Å². The zero-order chi connectivity index (χ0) is 15.8. The molecule has 5 heteroatoms. The number of piperazine rings is 1. The topological polar surface area (TPSA) is 43.9 Å². The molecule has 0 unspecified atom stereocenters. The van der Waals surface area contributed by atoms with Crippen LogP contribution >= 0.6 is 0 Å². The highest BCUT2D eigenvalue weighted by molar-refractivity contribution is 5.88. The SMILES string of the molecule is C/C=C/C=C/C(=O)N1CCN(CC(=O)N2CCCCC2)CC1. The Hall–Kier alpha value is -1.62. The number of carbonyl (C=O) groups excluding carboxylic acids is 2. The fourth-order valence-electron chi connectivity index (χ4n) is 2.92. The van der Waals surface area contributed by atoms with Crippen LogP contribution in [0.3, 0.4) is 0 Å². The second kappa shape index (κ2) is 8.73. The molecule has 5 nitrogen and oxygen atoms in total. The highest BCUT2D eigenvalue weighted by atomic mass is 16.2. The number of nitrogens with zero attached hydrogens (tertiary/aromatic N) is 3. The molecule has 22 heavy (non-hydrogen) atoms. The highest BCUT2D eigenvalue weighted by Gasteiger charge is 2.23. The van der Waals surface area contributed by atoms with E-state index in [1.165, 1.54) is 6.42 Å². The summed E-state index contributed by atoms with van der Waals surface area (Å²) in [4.78, 5) is 30.2. The number of allylic oxidation sites excluding steroid dienone is 3. The molecule has 2 fully saturated rings. The number of hydrogen-bond acceptors (Lipinski definition) is 3. The van der Waals surface area contributed by atoms with Gasteiger partial charge in [0.15, 0.2) is 0 Å². The first-order valence-electron chi connectivity index (χ1n) is 8.29. The largest absolute Gasteiger partial charge is 0.342 e. The lowest BCUT2D eigenvalue weighted by Gasteiger charge is -2.35. The minimum Gasteiger partial charge on any atom is -0.342 e. The maximum Gasteiger partial charge on any atom is 0.246 e. The Labute approximate surface area is 133 Å². The molecule has 2 aliphatic rings. The quantitative estimate of drug-likeness (QED) is 0.580. The first-order chi connectivity index (χ1) is 10.7. The van der Waals surface area contributed by atoms with E-state index in [-0.39, 0.29) is 11.8 Å². The van der Waals surface area contributed by atoms with E-state index in [2.05, 4.69) is 4.90 Å². The van der Waals surface area contributed by atoms with Crippen LogP contribution in [-0.2, 0) is 9.59 Å². The molecule has 0 radical (unpaired) electrons. The monoisotopic (exact) mass is 305 g/mol. The molecule has 0 aromatic rings. The third kappa shape index (κ3) is 4.98. The van der Waals surface area contributed by atoms with Crippen LogP contribution in [0.15, 0.2) is 24.3 Å². The van der Waals surface area contributed by atoms with Crippen LogP contribution in [-0.4, -0.2) is 72.3 Å². The summed E-state index contributed by atoms with van der Waals surface area (Å²) in [5.41, 5.74) is 0. The smallest absolute Gasteiger partial charge is 0.246 e. The third-order valence-electron chi connectivity index (χ3n) is 4.29. The maximum absolute atomic E-state index is 12.2. The second-order valence-electron chi connectivity index (χ2n) is 5.93. The Bertz CT molecular complexity index is 431. The molecule has 2 heterocycles. The molecule has 0 bridgehead atoms. The van der Waals surface area contributed by atoms with E-state index in [4.69, 9.17) is 0 Å². The van der Waals surface area contributed by atoms with Crippen molar-refractivity contribution in [3.05, 3.63) is 24.3 Å². The number of rotatable bonds is 4. The van der Waals surface area contributed by atoms with Gasteiger partial charge in [-0.05, 0) is 26.2 Å². The number of hydrogen-bond donors (Lipinski definition) is 0. The molecule has 0 aliphatic carbocycles. The lowest BCUT2D eigenvalue weighted by Crippen LogP contribution is -2.51. The van der Waals surface area contributed by atoms with Gasteiger partial charge < -0.3 is 9.80 Å². The Morgan fingerprint density at radius 3 is 2.18 bits per heavy atom. The van der Waals surface area contributed by atoms with Crippen molar-refractivity contribution >= 4 is 11.8 Å². The molecular formula is C17H27N3O2. The molecule has 0 spiro atoms. The first kappa shape index (κ1) is 16.7. The van der Waals surface area contributed by atoms with E-state index < -0.39 is 0 Å². The van der Waals surface area contributed by atoms with Crippen LogP contribution in [0.2, 0.25) is 0 Å². The molecule has 122 valence electrons. The Morgan fingerprint density at radius 2 is 1.55 bits per heavy atom. The summed E-state index contributed by atoms with van der Waals surface area (Å²) in [6.07, 6.45) is 10.6.